The van der Waals surface area contributed by atoms with Crippen molar-refractivity contribution in [1.82, 2.24) is 4.90 Å². The summed E-state index contributed by atoms with van der Waals surface area (Å²) < 4.78 is 0. The molecule has 3 N–H and O–H groups in total. The van der Waals surface area contributed by atoms with Gasteiger partial charge >= 0.3 is 0 Å². The molecule has 0 heterocycles. The fraction of sp³-hybridized carbons (Fsp3) is 0.562. The van der Waals surface area contributed by atoms with Gasteiger partial charge in [-0.1, -0.05) is 25.0 Å². The fourth-order valence-corrected chi connectivity index (χ4v) is 2.88. The molecule has 4 nitrogen and oxygen atoms in total. The zero-order valence-electron chi connectivity index (χ0n) is 12.1. The van der Waals surface area contributed by atoms with Crippen LogP contribution in [-0.4, -0.2) is 41.7 Å². The summed E-state index contributed by atoms with van der Waals surface area (Å²) in [4.78, 5) is 14.1. The molecular formula is C16H24N2O2. The second kappa shape index (κ2) is 6.86. The number of aliphatic hydroxyl groups excluding tert-OH is 1. The summed E-state index contributed by atoms with van der Waals surface area (Å²) in [6, 6.07) is 7.54. The number of aliphatic hydroxyl groups is 1. The Morgan fingerprint density at radius 1 is 1.30 bits per heavy atom. The summed E-state index contributed by atoms with van der Waals surface area (Å²) in [6.07, 6.45) is 4.23. The minimum atomic E-state index is -0.394. The largest absolute Gasteiger partial charge is 0.391 e. The molecule has 0 radical (unpaired) electrons. The molecule has 0 saturated heterocycles. The Balaban J connectivity index is 2.05. The summed E-state index contributed by atoms with van der Waals surface area (Å²) in [5.74, 6) is -0.0183. The number of carbonyl (C=O) groups excluding carboxylic acids is 1. The van der Waals surface area contributed by atoms with Gasteiger partial charge in [0, 0.05) is 12.6 Å². The van der Waals surface area contributed by atoms with Crippen LogP contribution in [0.2, 0.25) is 0 Å². The highest BCUT2D eigenvalue weighted by molar-refractivity contribution is 5.94. The highest BCUT2D eigenvalue weighted by atomic mass is 16.3. The Labute approximate surface area is 120 Å². The normalized spacial score (nSPS) is 22.6. The smallest absolute Gasteiger partial charge is 0.253 e. The number of rotatable bonds is 4. The first-order valence-corrected chi connectivity index (χ1v) is 7.37. The van der Waals surface area contributed by atoms with Gasteiger partial charge in [0.25, 0.3) is 5.91 Å². The van der Waals surface area contributed by atoms with E-state index in [-0.39, 0.29) is 11.9 Å². The van der Waals surface area contributed by atoms with Crippen LogP contribution in [0.3, 0.4) is 0 Å². The van der Waals surface area contributed by atoms with E-state index in [0.29, 0.717) is 12.1 Å². The van der Waals surface area contributed by atoms with Gasteiger partial charge in [0.1, 0.15) is 0 Å². The van der Waals surface area contributed by atoms with Crippen molar-refractivity contribution in [3.63, 3.8) is 0 Å². The molecule has 2 rings (SSSR count). The summed E-state index contributed by atoms with van der Waals surface area (Å²) in [6.45, 7) is 0.613. The molecule has 1 saturated carbocycles. The Bertz CT molecular complexity index is 444. The molecule has 4 heteroatoms. The third-order valence-corrected chi connectivity index (χ3v) is 4.15. The van der Waals surface area contributed by atoms with Gasteiger partial charge in [-0.15, -0.1) is 0 Å². The van der Waals surface area contributed by atoms with Crippen LogP contribution < -0.4 is 5.73 Å². The molecule has 20 heavy (non-hydrogen) atoms. The molecule has 1 aromatic carbocycles. The van der Waals surface area contributed by atoms with E-state index < -0.39 is 6.10 Å². The van der Waals surface area contributed by atoms with Crippen LogP contribution in [0.5, 0.6) is 0 Å². The molecule has 0 aromatic heterocycles. The minimum absolute atomic E-state index is 0.0183. The van der Waals surface area contributed by atoms with Crippen molar-refractivity contribution >= 4 is 5.91 Å². The van der Waals surface area contributed by atoms with Gasteiger partial charge in [-0.3, -0.25) is 4.79 Å². The zero-order valence-corrected chi connectivity index (χ0v) is 12.1. The molecule has 0 spiro atoms. The summed E-state index contributed by atoms with van der Waals surface area (Å²) in [5.41, 5.74) is 7.33. The van der Waals surface area contributed by atoms with Crippen LogP contribution in [0.4, 0.5) is 0 Å². The van der Waals surface area contributed by atoms with E-state index in [2.05, 4.69) is 0 Å². The molecule has 1 fully saturated rings. The topological polar surface area (TPSA) is 66.6 Å². The lowest BCUT2D eigenvalue weighted by atomic mass is 9.91. The predicted molar refractivity (Wildman–Crippen MR) is 79.6 cm³/mol. The first kappa shape index (κ1) is 15.0. The van der Waals surface area contributed by atoms with Crippen molar-refractivity contribution in [2.24, 2.45) is 5.73 Å². The number of nitrogens with zero attached hydrogens (tertiary/aromatic N) is 1. The van der Waals surface area contributed by atoms with E-state index in [9.17, 15) is 9.90 Å². The number of amides is 1. The first-order valence-electron chi connectivity index (χ1n) is 7.37. The SMILES string of the molecule is CN(C(=O)c1ccc(CCN)cc1)C1CCCCC1O. The van der Waals surface area contributed by atoms with E-state index in [4.69, 9.17) is 5.73 Å². The van der Waals surface area contributed by atoms with E-state index in [1.54, 1.807) is 11.9 Å². The Morgan fingerprint density at radius 2 is 1.95 bits per heavy atom. The van der Waals surface area contributed by atoms with Crippen LogP contribution in [0.15, 0.2) is 24.3 Å². The highest BCUT2D eigenvalue weighted by Gasteiger charge is 2.29. The quantitative estimate of drug-likeness (QED) is 0.877. The average Bonchev–Trinajstić information content (AvgIpc) is 2.47. The van der Waals surface area contributed by atoms with Gasteiger partial charge in [-0.2, -0.15) is 0 Å². The van der Waals surface area contributed by atoms with Gasteiger partial charge in [-0.05, 0) is 43.5 Å². The van der Waals surface area contributed by atoms with Crippen molar-refractivity contribution in [2.45, 2.75) is 44.2 Å². The summed E-state index contributed by atoms with van der Waals surface area (Å²) >= 11 is 0. The van der Waals surface area contributed by atoms with E-state index in [1.807, 2.05) is 24.3 Å². The molecule has 1 amide bonds. The van der Waals surface area contributed by atoms with Gasteiger partial charge in [-0.25, -0.2) is 0 Å². The van der Waals surface area contributed by atoms with Crippen molar-refractivity contribution in [3.8, 4) is 0 Å². The van der Waals surface area contributed by atoms with Gasteiger partial charge in [0.05, 0.1) is 12.1 Å². The highest BCUT2D eigenvalue weighted by Crippen LogP contribution is 2.23. The predicted octanol–water partition coefficient (Wildman–Crippen LogP) is 1.56. The average molecular weight is 276 g/mol. The van der Waals surface area contributed by atoms with Crippen molar-refractivity contribution < 1.29 is 9.90 Å². The number of nitrogens with two attached hydrogens (primary N) is 1. The van der Waals surface area contributed by atoms with Crippen LogP contribution >= 0.6 is 0 Å². The molecule has 0 bridgehead atoms. The number of hydrogen-bond donors (Lipinski definition) is 2. The van der Waals surface area contributed by atoms with Crippen LogP contribution in [0.25, 0.3) is 0 Å². The van der Waals surface area contributed by atoms with Crippen molar-refractivity contribution in [1.29, 1.82) is 0 Å². The van der Waals surface area contributed by atoms with Crippen LogP contribution in [0, 0.1) is 0 Å². The Hall–Kier alpha value is -1.39. The second-order valence-electron chi connectivity index (χ2n) is 5.57. The fourth-order valence-electron chi connectivity index (χ4n) is 2.88. The van der Waals surface area contributed by atoms with Gasteiger partial charge < -0.3 is 15.7 Å². The van der Waals surface area contributed by atoms with E-state index in [0.717, 1.165) is 37.7 Å². The van der Waals surface area contributed by atoms with Gasteiger partial charge in [0.15, 0.2) is 0 Å². The molecule has 2 atom stereocenters. The third-order valence-electron chi connectivity index (χ3n) is 4.15. The zero-order chi connectivity index (χ0) is 14.5. The lowest BCUT2D eigenvalue weighted by Gasteiger charge is -2.35. The van der Waals surface area contributed by atoms with E-state index >= 15 is 0 Å². The third kappa shape index (κ3) is 3.38. The molecule has 1 aromatic rings. The molecule has 1 aliphatic rings. The Morgan fingerprint density at radius 3 is 2.55 bits per heavy atom. The van der Waals surface area contributed by atoms with Crippen LogP contribution in [0.1, 0.15) is 41.6 Å². The maximum Gasteiger partial charge on any atom is 0.253 e. The lowest BCUT2D eigenvalue weighted by Crippen LogP contribution is -2.46. The molecule has 0 aliphatic heterocycles. The number of carbonyl (C=O) groups is 1. The minimum Gasteiger partial charge on any atom is -0.391 e. The molecular weight excluding hydrogens is 252 g/mol. The number of benzene rings is 1. The van der Waals surface area contributed by atoms with Gasteiger partial charge in [0.2, 0.25) is 0 Å². The van der Waals surface area contributed by atoms with E-state index in [1.165, 1.54) is 0 Å². The number of likely N-dealkylation sites (N-methyl/N-ethyl adjacent to an activating group) is 1. The first-order chi connectivity index (χ1) is 9.63. The maximum atomic E-state index is 12.4. The lowest BCUT2D eigenvalue weighted by molar-refractivity contribution is 0.0268. The monoisotopic (exact) mass is 276 g/mol. The summed E-state index contributed by atoms with van der Waals surface area (Å²) in [7, 11) is 1.79. The van der Waals surface area contributed by atoms with Crippen molar-refractivity contribution in [2.75, 3.05) is 13.6 Å². The molecule has 2 unspecified atom stereocenters. The van der Waals surface area contributed by atoms with Crippen LogP contribution in [-0.2, 0) is 6.42 Å². The Kier molecular flexibility index (Phi) is 5.15. The molecule has 110 valence electrons. The molecule has 1 aliphatic carbocycles. The van der Waals surface area contributed by atoms with Crippen molar-refractivity contribution in [3.05, 3.63) is 35.4 Å². The maximum absolute atomic E-state index is 12.4. The second-order valence-corrected chi connectivity index (χ2v) is 5.57. The standard InChI is InChI=1S/C16H24N2O2/c1-18(14-4-2-3-5-15(14)19)16(20)13-8-6-12(7-9-13)10-11-17/h6-9,14-15,19H,2-5,10-11,17H2,1H3. The number of hydrogen-bond acceptors (Lipinski definition) is 3. The summed E-state index contributed by atoms with van der Waals surface area (Å²) in [5, 5.41) is 10.0.